The Labute approximate surface area is 197 Å². The van der Waals surface area contributed by atoms with Crippen LogP contribution in [0.25, 0.3) is 0 Å². The lowest BCUT2D eigenvalue weighted by Crippen LogP contribution is -2.04. The van der Waals surface area contributed by atoms with Gasteiger partial charge in [-0.25, -0.2) is 0 Å². The molecule has 0 atom stereocenters. The molecule has 0 saturated carbocycles. The van der Waals surface area contributed by atoms with Gasteiger partial charge in [0.1, 0.15) is 0 Å². The maximum Gasteiger partial charge on any atom is 0.0342 e. The topological polar surface area (TPSA) is 0 Å². The monoisotopic (exact) mass is 712 g/mol. The first-order chi connectivity index (χ1) is 11.8. The fraction of sp³-hybridized carbons (Fsp3) is 0.0526. The Morgan fingerprint density at radius 3 is 0.760 bits per heavy atom. The third-order valence-electron chi connectivity index (χ3n) is 3.65. The molecule has 0 unspecified atom stereocenters. The quantitative estimate of drug-likeness (QED) is 0.237. The normalized spacial score (nSPS) is 11.2. The van der Waals surface area contributed by atoms with Gasteiger partial charge in [-0.2, -0.15) is 0 Å². The average Bonchev–Trinajstić information content (AvgIpc) is 2.44. The molecule has 0 radical (unpaired) electrons. The van der Waals surface area contributed by atoms with E-state index in [1.165, 1.54) is 16.7 Å². The lowest BCUT2D eigenvalue weighted by atomic mass is 9.85. The molecule has 3 rings (SSSR count). The number of benzene rings is 3. The van der Waals surface area contributed by atoms with Gasteiger partial charge in [0.15, 0.2) is 0 Å². The molecule has 0 fully saturated rings. The lowest BCUT2D eigenvalue weighted by molar-refractivity contribution is 0.968. The van der Waals surface area contributed by atoms with Gasteiger partial charge in [-0.3, -0.25) is 0 Å². The van der Waals surface area contributed by atoms with Crippen molar-refractivity contribution in [2.45, 2.75) is 5.92 Å². The van der Waals surface area contributed by atoms with E-state index in [1.54, 1.807) is 0 Å². The molecule has 0 spiro atoms. The third kappa shape index (κ3) is 5.29. The Hall–Kier alpha value is 0.540. The molecule has 3 aromatic rings. The Morgan fingerprint density at radius 2 is 0.560 bits per heavy atom. The van der Waals surface area contributed by atoms with Crippen LogP contribution in [-0.2, 0) is 0 Å². The summed E-state index contributed by atoms with van der Waals surface area (Å²) in [5.41, 5.74) is 3.61. The largest absolute Gasteiger partial charge is 0.0508 e. The van der Waals surface area contributed by atoms with Crippen molar-refractivity contribution in [2.75, 3.05) is 0 Å². The fourth-order valence-electron chi connectivity index (χ4n) is 2.80. The SMILES string of the molecule is Brc1cc(Br)cc(C(c2cc(Br)cc(Br)c2)c2cc(Br)cc(Br)c2)c1. The highest BCUT2D eigenvalue weighted by Gasteiger charge is 2.20. The summed E-state index contributed by atoms with van der Waals surface area (Å²) in [7, 11) is 0. The molecule has 0 aliphatic heterocycles. The minimum absolute atomic E-state index is 0.0939. The van der Waals surface area contributed by atoms with E-state index in [0.29, 0.717) is 0 Å². The molecule has 0 saturated heterocycles. The molecule has 6 heteroatoms. The van der Waals surface area contributed by atoms with Crippen LogP contribution in [0.15, 0.2) is 81.4 Å². The van der Waals surface area contributed by atoms with Gasteiger partial charge in [0.2, 0.25) is 0 Å². The lowest BCUT2D eigenvalue weighted by Gasteiger charge is -2.21. The van der Waals surface area contributed by atoms with E-state index in [2.05, 4.69) is 132 Å². The van der Waals surface area contributed by atoms with Gasteiger partial charge in [0.25, 0.3) is 0 Å². The van der Waals surface area contributed by atoms with Gasteiger partial charge in [-0.15, -0.1) is 0 Å². The Kier molecular flexibility index (Phi) is 7.06. The number of hydrogen-bond donors (Lipinski definition) is 0. The van der Waals surface area contributed by atoms with Crippen LogP contribution in [0.3, 0.4) is 0 Å². The molecule has 128 valence electrons. The molecule has 0 aliphatic carbocycles. The molecule has 0 nitrogen and oxygen atoms in total. The molecule has 0 N–H and O–H groups in total. The van der Waals surface area contributed by atoms with Crippen LogP contribution in [0.5, 0.6) is 0 Å². The first kappa shape index (κ1) is 20.3. The van der Waals surface area contributed by atoms with Crippen molar-refractivity contribution in [3.8, 4) is 0 Å². The van der Waals surface area contributed by atoms with E-state index < -0.39 is 0 Å². The molecule has 0 heterocycles. The standard InChI is InChI=1S/C19H10Br6/c20-13-1-10(2-14(21)7-13)19(11-3-15(22)8-16(23)4-11)12-5-17(24)9-18(25)6-12/h1-9,19H. The average molecular weight is 718 g/mol. The summed E-state index contributed by atoms with van der Waals surface area (Å²) in [5, 5.41) is 0. The first-order valence-corrected chi connectivity index (χ1v) is 12.0. The molecule has 0 bridgehead atoms. The van der Waals surface area contributed by atoms with E-state index >= 15 is 0 Å². The zero-order valence-corrected chi connectivity index (χ0v) is 22.1. The predicted octanol–water partition coefficient (Wildman–Crippen LogP) is 9.44. The summed E-state index contributed by atoms with van der Waals surface area (Å²) in [6, 6.07) is 19.1. The minimum Gasteiger partial charge on any atom is -0.0508 e. The van der Waals surface area contributed by atoms with Crippen LogP contribution in [0.4, 0.5) is 0 Å². The molecule has 3 aromatic carbocycles. The van der Waals surface area contributed by atoms with Gasteiger partial charge in [0, 0.05) is 32.8 Å². The Balaban J connectivity index is 2.27. The van der Waals surface area contributed by atoms with Crippen molar-refractivity contribution in [2.24, 2.45) is 0 Å². The summed E-state index contributed by atoms with van der Waals surface area (Å²) in [6.45, 7) is 0. The molecule has 0 aliphatic rings. The maximum atomic E-state index is 3.62. The van der Waals surface area contributed by atoms with Gasteiger partial charge in [-0.1, -0.05) is 95.6 Å². The van der Waals surface area contributed by atoms with Crippen molar-refractivity contribution in [3.63, 3.8) is 0 Å². The van der Waals surface area contributed by atoms with E-state index in [9.17, 15) is 0 Å². The van der Waals surface area contributed by atoms with Crippen LogP contribution >= 0.6 is 95.6 Å². The summed E-state index contributed by atoms with van der Waals surface area (Å²) < 4.78 is 6.28. The molecule has 0 aromatic heterocycles. The highest BCUT2D eigenvalue weighted by molar-refractivity contribution is 9.11. The summed E-state index contributed by atoms with van der Waals surface area (Å²) in [5.74, 6) is 0.0939. The smallest absolute Gasteiger partial charge is 0.0342 e. The zero-order valence-electron chi connectivity index (χ0n) is 12.5. The van der Waals surface area contributed by atoms with Gasteiger partial charge >= 0.3 is 0 Å². The van der Waals surface area contributed by atoms with Crippen LogP contribution in [-0.4, -0.2) is 0 Å². The zero-order chi connectivity index (χ0) is 18.1. The fourth-order valence-corrected chi connectivity index (χ4v) is 6.79. The second-order valence-corrected chi connectivity index (χ2v) is 11.0. The third-order valence-corrected chi connectivity index (χ3v) is 6.40. The van der Waals surface area contributed by atoms with E-state index in [0.717, 1.165) is 26.8 Å². The van der Waals surface area contributed by atoms with Crippen molar-refractivity contribution >= 4 is 95.6 Å². The van der Waals surface area contributed by atoms with Gasteiger partial charge < -0.3 is 0 Å². The van der Waals surface area contributed by atoms with Crippen LogP contribution in [0.1, 0.15) is 22.6 Å². The van der Waals surface area contributed by atoms with Crippen molar-refractivity contribution in [1.29, 1.82) is 0 Å². The minimum atomic E-state index is 0.0939. The molecular formula is C19H10Br6. The van der Waals surface area contributed by atoms with Crippen molar-refractivity contribution in [3.05, 3.63) is 98.1 Å². The molecule has 0 amide bonds. The molecule has 25 heavy (non-hydrogen) atoms. The maximum absolute atomic E-state index is 3.62. The molecular weight excluding hydrogens is 708 g/mol. The number of halogens is 6. The van der Waals surface area contributed by atoms with Crippen molar-refractivity contribution < 1.29 is 0 Å². The van der Waals surface area contributed by atoms with Crippen LogP contribution in [0, 0.1) is 0 Å². The second-order valence-electron chi connectivity index (χ2n) is 5.54. The number of rotatable bonds is 3. The van der Waals surface area contributed by atoms with Crippen molar-refractivity contribution in [1.82, 2.24) is 0 Å². The Bertz CT molecular complexity index is 752. The predicted molar refractivity (Wildman–Crippen MR) is 126 cm³/mol. The van der Waals surface area contributed by atoms with E-state index in [4.69, 9.17) is 0 Å². The van der Waals surface area contributed by atoms with Crippen LogP contribution < -0.4 is 0 Å². The van der Waals surface area contributed by atoms with E-state index in [1.807, 2.05) is 18.2 Å². The highest BCUT2D eigenvalue weighted by atomic mass is 79.9. The second kappa shape index (κ2) is 8.70. The first-order valence-electron chi connectivity index (χ1n) is 7.20. The summed E-state index contributed by atoms with van der Waals surface area (Å²) >= 11 is 21.7. The van der Waals surface area contributed by atoms with Crippen LogP contribution in [0.2, 0.25) is 0 Å². The highest BCUT2D eigenvalue weighted by Crippen LogP contribution is 2.39. The van der Waals surface area contributed by atoms with Gasteiger partial charge in [0.05, 0.1) is 0 Å². The summed E-state index contributed by atoms with van der Waals surface area (Å²) in [4.78, 5) is 0. The summed E-state index contributed by atoms with van der Waals surface area (Å²) in [6.07, 6.45) is 0. The Morgan fingerprint density at radius 1 is 0.360 bits per heavy atom. The van der Waals surface area contributed by atoms with E-state index in [-0.39, 0.29) is 5.92 Å². The van der Waals surface area contributed by atoms with Gasteiger partial charge in [-0.05, 0) is 71.3 Å². The number of hydrogen-bond acceptors (Lipinski definition) is 0.